The van der Waals surface area contributed by atoms with Gasteiger partial charge < -0.3 is 14.6 Å². The Hall–Kier alpha value is -1.16. The van der Waals surface area contributed by atoms with Crippen molar-refractivity contribution in [2.45, 2.75) is 4.90 Å². The number of aliphatic carboxylic acids is 1. The van der Waals surface area contributed by atoms with Gasteiger partial charge in [0.25, 0.3) is 0 Å². The Kier molecular flexibility index (Phi) is 3.64. The van der Waals surface area contributed by atoms with Gasteiger partial charge in [-0.25, -0.2) is 0 Å². The fraction of sp³-hybridized carbons (Fsp3) is 0.222. The summed E-state index contributed by atoms with van der Waals surface area (Å²) in [5, 5.41) is 10.1. The minimum atomic E-state index is -1.05. The van der Waals surface area contributed by atoms with Crippen LogP contribution < -0.4 is 9.84 Å². The zero-order valence-corrected chi connectivity index (χ0v) is 7.97. The first kappa shape index (κ1) is 9.92. The lowest BCUT2D eigenvalue weighted by molar-refractivity contribution is -0.301. The average molecular weight is 197 g/mol. The number of carbonyl (C=O) groups excluding carboxylic acids is 1. The summed E-state index contributed by atoms with van der Waals surface area (Å²) in [4.78, 5) is 11.0. The molecule has 0 spiro atoms. The normalized spacial score (nSPS) is 9.62. The van der Waals surface area contributed by atoms with Crippen molar-refractivity contribution < 1.29 is 14.6 Å². The van der Waals surface area contributed by atoms with E-state index >= 15 is 0 Å². The van der Waals surface area contributed by atoms with Crippen molar-refractivity contribution in [3.05, 3.63) is 24.3 Å². The molecule has 0 radical (unpaired) electrons. The molecule has 0 aliphatic carbocycles. The molecule has 13 heavy (non-hydrogen) atoms. The van der Waals surface area contributed by atoms with E-state index in [2.05, 4.69) is 0 Å². The molecule has 3 nitrogen and oxygen atoms in total. The van der Waals surface area contributed by atoms with E-state index in [9.17, 15) is 9.90 Å². The van der Waals surface area contributed by atoms with Crippen molar-refractivity contribution in [2.24, 2.45) is 0 Å². The molecule has 1 aromatic carbocycles. The van der Waals surface area contributed by atoms with Crippen LogP contribution in [0, 0.1) is 0 Å². The molecule has 0 aliphatic heterocycles. The van der Waals surface area contributed by atoms with Gasteiger partial charge in [-0.05, 0) is 24.3 Å². The van der Waals surface area contributed by atoms with Crippen molar-refractivity contribution in [1.82, 2.24) is 0 Å². The highest BCUT2D eigenvalue weighted by atomic mass is 32.2. The molecule has 0 amide bonds. The highest BCUT2D eigenvalue weighted by molar-refractivity contribution is 8.00. The largest absolute Gasteiger partial charge is 0.549 e. The van der Waals surface area contributed by atoms with Crippen LogP contribution in [0.25, 0.3) is 0 Å². The van der Waals surface area contributed by atoms with Crippen LogP contribution in [0.3, 0.4) is 0 Å². The summed E-state index contributed by atoms with van der Waals surface area (Å²) in [6, 6.07) is 7.20. The van der Waals surface area contributed by atoms with E-state index in [4.69, 9.17) is 4.74 Å². The Bertz CT molecular complexity index is 281. The molecule has 0 unspecified atom stereocenters. The highest BCUT2D eigenvalue weighted by Gasteiger charge is 1.94. The number of hydrogen-bond acceptors (Lipinski definition) is 4. The van der Waals surface area contributed by atoms with Gasteiger partial charge in [-0.15, -0.1) is 11.8 Å². The molecule has 0 aliphatic rings. The third-order valence-electron chi connectivity index (χ3n) is 1.42. The van der Waals surface area contributed by atoms with Crippen LogP contribution in [0.4, 0.5) is 0 Å². The highest BCUT2D eigenvalue weighted by Crippen LogP contribution is 2.20. The first-order chi connectivity index (χ1) is 6.22. The average Bonchev–Trinajstić information content (AvgIpc) is 2.15. The molecule has 0 bridgehead atoms. The Morgan fingerprint density at radius 1 is 1.46 bits per heavy atom. The van der Waals surface area contributed by atoms with Crippen LogP contribution in [-0.2, 0) is 4.79 Å². The number of methoxy groups -OCH3 is 1. The second-order valence-corrected chi connectivity index (χ2v) is 3.38. The molecular weight excluding hydrogens is 188 g/mol. The molecule has 0 saturated heterocycles. The lowest BCUT2D eigenvalue weighted by Gasteiger charge is -2.03. The minimum absolute atomic E-state index is 0.0215. The van der Waals surface area contributed by atoms with E-state index in [1.807, 2.05) is 12.1 Å². The lowest BCUT2D eigenvalue weighted by Crippen LogP contribution is -2.24. The van der Waals surface area contributed by atoms with E-state index < -0.39 is 5.97 Å². The first-order valence-corrected chi connectivity index (χ1v) is 4.67. The predicted molar refractivity (Wildman–Crippen MR) is 48.7 cm³/mol. The van der Waals surface area contributed by atoms with Gasteiger partial charge in [0, 0.05) is 10.6 Å². The van der Waals surface area contributed by atoms with Gasteiger partial charge in [-0.2, -0.15) is 0 Å². The predicted octanol–water partition coefficient (Wildman–Crippen LogP) is 0.537. The zero-order chi connectivity index (χ0) is 9.68. The molecule has 0 aromatic heterocycles. The van der Waals surface area contributed by atoms with Crippen molar-refractivity contribution in [3.63, 3.8) is 0 Å². The number of carboxylic acids is 1. The van der Waals surface area contributed by atoms with E-state index in [1.165, 1.54) is 11.8 Å². The fourth-order valence-electron chi connectivity index (χ4n) is 0.814. The summed E-state index contributed by atoms with van der Waals surface area (Å²) in [5.74, 6) is -0.314. The quantitative estimate of drug-likeness (QED) is 0.661. The number of carbonyl (C=O) groups is 1. The summed E-state index contributed by atoms with van der Waals surface area (Å²) >= 11 is 1.23. The standard InChI is InChI=1S/C9H10O3S/c1-12-7-2-4-8(5-3-7)13-6-9(10)11/h2-5H,6H2,1H3,(H,10,11)/p-1. The van der Waals surface area contributed by atoms with Crippen molar-refractivity contribution in [3.8, 4) is 5.75 Å². The van der Waals surface area contributed by atoms with E-state index in [-0.39, 0.29) is 5.75 Å². The van der Waals surface area contributed by atoms with Gasteiger partial charge >= 0.3 is 0 Å². The van der Waals surface area contributed by atoms with Crippen molar-refractivity contribution in [2.75, 3.05) is 12.9 Å². The third-order valence-corrected chi connectivity index (χ3v) is 2.40. The van der Waals surface area contributed by atoms with Crippen LogP contribution in [0.15, 0.2) is 29.2 Å². The Morgan fingerprint density at radius 3 is 2.54 bits per heavy atom. The summed E-state index contributed by atoms with van der Waals surface area (Å²) in [6.07, 6.45) is 0. The number of rotatable bonds is 4. The number of carboxylic acid groups (broad SMARTS) is 1. The van der Waals surface area contributed by atoms with Gasteiger partial charge in [0.15, 0.2) is 0 Å². The summed E-state index contributed by atoms with van der Waals surface area (Å²) < 4.78 is 4.96. The van der Waals surface area contributed by atoms with E-state index in [0.717, 1.165) is 10.6 Å². The molecule has 1 rings (SSSR count). The summed E-state index contributed by atoms with van der Waals surface area (Å²) in [7, 11) is 1.59. The lowest BCUT2D eigenvalue weighted by atomic mass is 10.3. The molecule has 4 heteroatoms. The maximum Gasteiger partial charge on any atom is 0.118 e. The molecule has 0 N–H and O–H groups in total. The second kappa shape index (κ2) is 4.77. The Labute approximate surface area is 80.7 Å². The minimum Gasteiger partial charge on any atom is -0.549 e. The molecule has 70 valence electrons. The van der Waals surface area contributed by atoms with Gasteiger partial charge in [-0.3, -0.25) is 0 Å². The van der Waals surface area contributed by atoms with Crippen LogP contribution in [0.5, 0.6) is 5.75 Å². The molecule has 0 saturated carbocycles. The molecule has 1 aromatic rings. The van der Waals surface area contributed by atoms with E-state index in [0.29, 0.717) is 0 Å². The number of benzene rings is 1. The maximum atomic E-state index is 10.1. The number of ether oxygens (including phenoxy) is 1. The van der Waals surface area contributed by atoms with Crippen molar-refractivity contribution in [1.29, 1.82) is 0 Å². The third kappa shape index (κ3) is 3.38. The maximum absolute atomic E-state index is 10.1. The smallest absolute Gasteiger partial charge is 0.118 e. The van der Waals surface area contributed by atoms with Crippen LogP contribution in [0.2, 0.25) is 0 Å². The number of thioether (sulfide) groups is 1. The molecule has 0 fully saturated rings. The molecule has 0 atom stereocenters. The monoisotopic (exact) mass is 197 g/mol. The topological polar surface area (TPSA) is 49.4 Å². The summed E-state index contributed by atoms with van der Waals surface area (Å²) in [6.45, 7) is 0. The zero-order valence-electron chi connectivity index (χ0n) is 7.15. The van der Waals surface area contributed by atoms with Crippen molar-refractivity contribution >= 4 is 17.7 Å². The van der Waals surface area contributed by atoms with E-state index in [1.54, 1.807) is 19.2 Å². The van der Waals surface area contributed by atoms with Gasteiger partial charge in [0.1, 0.15) is 5.75 Å². The van der Waals surface area contributed by atoms with Crippen LogP contribution >= 0.6 is 11.8 Å². The fourth-order valence-corrected chi connectivity index (χ4v) is 1.43. The molecule has 0 heterocycles. The molecular formula is C9H9O3S-. The van der Waals surface area contributed by atoms with Gasteiger partial charge in [0.05, 0.1) is 13.1 Å². The van der Waals surface area contributed by atoms with Crippen LogP contribution in [-0.4, -0.2) is 18.8 Å². The second-order valence-electron chi connectivity index (χ2n) is 2.34. The SMILES string of the molecule is COc1ccc(SCC(=O)[O-])cc1. The summed E-state index contributed by atoms with van der Waals surface area (Å²) in [5.41, 5.74) is 0. The van der Waals surface area contributed by atoms with Gasteiger partial charge in [-0.1, -0.05) is 0 Å². The van der Waals surface area contributed by atoms with Crippen LogP contribution in [0.1, 0.15) is 0 Å². The first-order valence-electron chi connectivity index (χ1n) is 3.69. The number of hydrogen-bond donors (Lipinski definition) is 0. The Balaban J connectivity index is 2.54. The van der Waals surface area contributed by atoms with Gasteiger partial charge in [0.2, 0.25) is 0 Å². The Morgan fingerprint density at radius 2 is 2.08 bits per heavy atom.